The van der Waals surface area contributed by atoms with Gasteiger partial charge in [-0.25, -0.2) is 0 Å². The van der Waals surface area contributed by atoms with Gasteiger partial charge in [0.05, 0.1) is 12.7 Å². The maximum atomic E-state index is 12.5. The number of esters is 1. The van der Waals surface area contributed by atoms with E-state index in [0.717, 1.165) is 12.1 Å². The molecule has 2 N–H and O–H groups in total. The molecule has 0 aliphatic heterocycles. The van der Waals surface area contributed by atoms with E-state index in [4.69, 9.17) is 5.73 Å². The molecule has 0 aliphatic rings. The zero-order valence-corrected chi connectivity index (χ0v) is 10.9. The van der Waals surface area contributed by atoms with Crippen LogP contribution in [0.5, 0.6) is 0 Å². The predicted molar refractivity (Wildman–Crippen MR) is 64.5 cm³/mol. The molecule has 0 aliphatic carbocycles. The predicted octanol–water partition coefficient (Wildman–Crippen LogP) is 2.48. The van der Waals surface area contributed by atoms with Gasteiger partial charge in [-0.05, 0) is 17.7 Å². The van der Waals surface area contributed by atoms with Crippen molar-refractivity contribution in [2.45, 2.75) is 31.5 Å². The van der Waals surface area contributed by atoms with Gasteiger partial charge in [0.25, 0.3) is 0 Å². The van der Waals surface area contributed by atoms with Crippen LogP contribution in [0.1, 0.15) is 25.0 Å². The van der Waals surface area contributed by atoms with Crippen molar-refractivity contribution < 1.29 is 22.7 Å². The highest BCUT2D eigenvalue weighted by Gasteiger charge is 2.36. The van der Waals surface area contributed by atoms with Crippen molar-refractivity contribution in [1.82, 2.24) is 0 Å². The standard InChI is InChI=1S/C13H16F3NO2/c1-12(2,10(17)11(18)19-3)8-4-6-9(7-5-8)13(14,15)16/h4-7,10H,17H2,1-3H3. The first-order chi connectivity index (χ1) is 8.60. The Labute approximate surface area is 109 Å². The average molecular weight is 275 g/mol. The van der Waals surface area contributed by atoms with Crippen LogP contribution in [0.4, 0.5) is 13.2 Å². The molecule has 1 atom stereocenters. The van der Waals surface area contributed by atoms with Gasteiger partial charge in [-0.15, -0.1) is 0 Å². The molecule has 106 valence electrons. The Morgan fingerprint density at radius 2 is 1.58 bits per heavy atom. The molecular formula is C13H16F3NO2. The SMILES string of the molecule is COC(=O)C(N)C(C)(C)c1ccc(C(F)(F)F)cc1. The summed E-state index contributed by atoms with van der Waals surface area (Å²) in [5.41, 5.74) is 4.75. The molecule has 0 heterocycles. The van der Waals surface area contributed by atoms with Gasteiger partial charge in [0.15, 0.2) is 0 Å². The van der Waals surface area contributed by atoms with Crippen molar-refractivity contribution in [2.24, 2.45) is 5.73 Å². The number of alkyl halides is 3. The van der Waals surface area contributed by atoms with Gasteiger partial charge in [0, 0.05) is 5.41 Å². The van der Waals surface area contributed by atoms with E-state index in [1.54, 1.807) is 13.8 Å². The number of methoxy groups -OCH3 is 1. The summed E-state index contributed by atoms with van der Waals surface area (Å²) in [5.74, 6) is -0.607. The van der Waals surface area contributed by atoms with Gasteiger partial charge in [0.1, 0.15) is 6.04 Å². The third-order valence-corrected chi connectivity index (χ3v) is 3.19. The highest BCUT2D eigenvalue weighted by Crippen LogP contribution is 2.32. The molecular weight excluding hydrogens is 259 g/mol. The van der Waals surface area contributed by atoms with Crippen molar-refractivity contribution in [3.05, 3.63) is 35.4 Å². The number of ether oxygens (including phenoxy) is 1. The molecule has 0 radical (unpaired) electrons. The first kappa shape index (κ1) is 15.5. The second-order valence-corrected chi connectivity index (χ2v) is 4.80. The number of carbonyl (C=O) groups is 1. The van der Waals surface area contributed by atoms with E-state index < -0.39 is 29.2 Å². The number of carbonyl (C=O) groups excluding carboxylic acids is 1. The summed E-state index contributed by atoms with van der Waals surface area (Å²) in [6, 6.07) is 3.65. The van der Waals surface area contributed by atoms with Gasteiger partial charge in [-0.1, -0.05) is 26.0 Å². The quantitative estimate of drug-likeness (QED) is 0.862. The van der Waals surface area contributed by atoms with Crippen molar-refractivity contribution in [1.29, 1.82) is 0 Å². The lowest BCUT2D eigenvalue weighted by Gasteiger charge is -2.30. The molecule has 1 rings (SSSR count). The fourth-order valence-electron chi connectivity index (χ4n) is 1.69. The molecule has 0 saturated carbocycles. The van der Waals surface area contributed by atoms with Crippen LogP contribution in [0.3, 0.4) is 0 Å². The van der Waals surface area contributed by atoms with Crippen molar-refractivity contribution in [2.75, 3.05) is 7.11 Å². The van der Waals surface area contributed by atoms with Crippen molar-refractivity contribution in [3.63, 3.8) is 0 Å². The van der Waals surface area contributed by atoms with Crippen LogP contribution in [0, 0.1) is 0 Å². The molecule has 0 bridgehead atoms. The molecule has 19 heavy (non-hydrogen) atoms. The van der Waals surface area contributed by atoms with E-state index in [-0.39, 0.29) is 0 Å². The molecule has 0 fully saturated rings. The van der Waals surface area contributed by atoms with E-state index in [0.29, 0.717) is 5.56 Å². The number of hydrogen-bond acceptors (Lipinski definition) is 3. The van der Waals surface area contributed by atoms with Crippen LogP contribution < -0.4 is 5.73 Å². The minimum Gasteiger partial charge on any atom is -0.468 e. The number of hydrogen-bond donors (Lipinski definition) is 1. The van der Waals surface area contributed by atoms with Gasteiger partial charge in [-0.3, -0.25) is 4.79 Å². The zero-order chi connectivity index (χ0) is 14.8. The maximum absolute atomic E-state index is 12.5. The fourth-order valence-corrected chi connectivity index (χ4v) is 1.69. The Kier molecular flexibility index (Phi) is 4.25. The Morgan fingerprint density at radius 3 is 1.95 bits per heavy atom. The molecule has 3 nitrogen and oxygen atoms in total. The number of halogens is 3. The summed E-state index contributed by atoms with van der Waals surface area (Å²) < 4.78 is 41.9. The number of rotatable bonds is 3. The fraction of sp³-hybridized carbons (Fsp3) is 0.462. The summed E-state index contributed by atoms with van der Waals surface area (Å²) in [7, 11) is 1.21. The van der Waals surface area contributed by atoms with E-state index >= 15 is 0 Å². The van der Waals surface area contributed by atoms with Gasteiger partial charge in [0.2, 0.25) is 0 Å². The Morgan fingerprint density at radius 1 is 1.16 bits per heavy atom. The highest BCUT2D eigenvalue weighted by atomic mass is 19.4. The lowest BCUT2D eigenvalue weighted by molar-refractivity contribution is -0.143. The van der Waals surface area contributed by atoms with Gasteiger partial charge >= 0.3 is 12.1 Å². The molecule has 0 amide bonds. The third-order valence-electron chi connectivity index (χ3n) is 3.19. The summed E-state index contributed by atoms with van der Waals surface area (Å²) >= 11 is 0. The van der Waals surface area contributed by atoms with Crippen LogP contribution in [-0.2, 0) is 21.1 Å². The van der Waals surface area contributed by atoms with Crippen LogP contribution in [-0.4, -0.2) is 19.1 Å². The Balaban J connectivity index is 3.06. The summed E-state index contributed by atoms with van der Waals surface area (Å²) in [4.78, 5) is 11.4. The second kappa shape index (κ2) is 5.21. The topological polar surface area (TPSA) is 52.3 Å². The monoisotopic (exact) mass is 275 g/mol. The van der Waals surface area contributed by atoms with E-state index in [2.05, 4.69) is 4.74 Å². The molecule has 0 spiro atoms. The van der Waals surface area contributed by atoms with Crippen molar-refractivity contribution >= 4 is 5.97 Å². The summed E-state index contributed by atoms with van der Waals surface area (Å²) in [6.45, 7) is 3.36. The average Bonchev–Trinajstić information content (AvgIpc) is 2.36. The molecule has 1 unspecified atom stereocenters. The molecule has 6 heteroatoms. The first-order valence-electron chi connectivity index (χ1n) is 5.62. The normalized spacial score (nSPS) is 14.1. The second-order valence-electron chi connectivity index (χ2n) is 4.80. The molecule has 1 aromatic rings. The van der Waals surface area contributed by atoms with E-state index in [1.165, 1.54) is 19.2 Å². The van der Waals surface area contributed by atoms with Crippen LogP contribution in [0.2, 0.25) is 0 Å². The van der Waals surface area contributed by atoms with Crippen LogP contribution in [0.25, 0.3) is 0 Å². The summed E-state index contributed by atoms with van der Waals surface area (Å²) in [5, 5.41) is 0. The number of benzene rings is 1. The zero-order valence-electron chi connectivity index (χ0n) is 10.9. The van der Waals surface area contributed by atoms with Crippen molar-refractivity contribution in [3.8, 4) is 0 Å². The minimum absolute atomic E-state index is 0.540. The molecule has 1 aromatic carbocycles. The van der Waals surface area contributed by atoms with Crippen LogP contribution in [0.15, 0.2) is 24.3 Å². The number of nitrogens with two attached hydrogens (primary N) is 1. The first-order valence-corrected chi connectivity index (χ1v) is 5.62. The summed E-state index contributed by atoms with van der Waals surface area (Å²) in [6.07, 6.45) is -4.38. The third kappa shape index (κ3) is 3.26. The molecule has 0 saturated heterocycles. The maximum Gasteiger partial charge on any atom is 0.416 e. The van der Waals surface area contributed by atoms with E-state index in [1.807, 2.05) is 0 Å². The van der Waals surface area contributed by atoms with Gasteiger partial charge in [-0.2, -0.15) is 13.2 Å². The lowest BCUT2D eigenvalue weighted by Crippen LogP contribution is -2.47. The Hall–Kier alpha value is -1.56. The van der Waals surface area contributed by atoms with E-state index in [9.17, 15) is 18.0 Å². The lowest BCUT2D eigenvalue weighted by atomic mass is 9.78. The largest absolute Gasteiger partial charge is 0.468 e. The smallest absolute Gasteiger partial charge is 0.416 e. The van der Waals surface area contributed by atoms with Crippen LogP contribution >= 0.6 is 0 Å². The molecule has 0 aromatic heterocycles. The minimum atomic E-state index is -4.38. The highest BCUT2D eigenvalue weighted by molar-refractivity contribution is 5.77. The van der Waals surface area contributed by atoms with Gasteiger partial charge < -0.3 is 10.5 Å². The Bertz CT molecular complexity index is 452.